The lowest BCUT2D eigenvalue weighted by molar-refractivity contribution is -0.140. The van der Waals surface area contributed by atoms with Crippen molar-refractivity contribution in [3.63, 3.8) is 0 Å². The van der Waals surface area contributed by atoms with Crippen LogP contribution in [0.2, 0.25) is 0 Å². The molecule has 0 aliphatic rings. The molecule has 3 aromatic carbocycles. The Balaban J connectivity index is 2.11. The van der Waals surface area contributed by atoms with Crippen molar-refractivity contribution in [3.8, 4) is 23.0 Å². The van der Waals surface area contributed by atoms with Crippen molar-refractivity contribution in [2.45, 2.75) is 51.6 Å². The second-order valence-corrected chi connectivity index (χ2v) is 12.8. The average molecular weight is 656 g/mol. The molecule has 0 radical (unpaired) electrons. The highest BCUT2D eigenvalue weighted by atomic mass is 32.2. The Morgan fingerprint density at radius 2 is 1.54 bits per heavy atom. The number of methoxy groups -OCH3 is 3. The van der Waals surface area contributed by atoms with E-state index in [-0.39, 0.29) is 34.7 Å². The molecule has 0 saturated carbocycles. The maximum Gasteiger partial charge on any atom is 0.264 e. The molecule has 0 spiro atoms. The van der Waals surface area contributed by atoms with Gasteiger partial charge in [0.2, 0.25) is 11.8 Å². The summed E-state index contributed by atoms with van der Waals surface area (Å²) in [7, 11) is 0.0755. The van der Waals surface area contributed by atoms with Crippen LogP contribution in [0.3, 0.4) is 0 Å². The molecule has 1 atom stereocenters. The van der Waals surface area contributed by atoms with Gasteiger partial charge in [-0.15, -0.1) is 0 Å². The van der Waals surface area contributed by atoms with Crippen LogP contribution in [0.15, 0.2) is 71.6 Å². The lowest BCUT2D eigenvalue weighted by Crippen LogP contribution is -2.52. The van der Waals surface area contributed by atoms with Gasteiger partial charge in [-0.1, -0.05) is 32.9 Å². The molecule has 0 unspecified atom stereocenters. The monoisotopic (exact) mass is 655 g/mol. The zero-order valence-electron chi connectivity index (χ0n) is 27.6. The minimum absolute atomic E-state index is 0.0527. The molecule has 0 aliphatic heterocycles. The van der Waals surface area contributed by atoms with E-state index in [1.807, 2.05) is 33.8 Å². The van der Waals surface area contributed by atoms with Gasteiger partial charge in [-0.3, -0.25) is 13.9 Å². The Labute approximate surface area is 272 Å². The summed E-state index contributed by atoms with van der Waals surface area (Å²) in [5.74, 6) is 1.03. The molecule has 0 saturated heterocycles. The van der Waals surface area contributed by atoms with Gasteiger partial charge in [0.25, 0.3) is 10.0 Å². The van der Waals surface area contributed by atoms with Crippen LogP contribution < -0.4 is 28.6 Å². The summed E-state index contributed by atoms with van der Waals surface area (Å²) in [5, 5.41) is 2.93. The lowest BCUT2D eigenvalue weighted by atomic mass is 10.1. The largest absolute Gasteiger partial charge is 0.497 e. The Morgan fingerprint density at radius 1 is 0.848 bits per heavy atom. The number of hydrogen-bond acceptors (Lipinski definition) is 8. The number of rotatable bonds is 17. The van der Waals surface area contributed by atoms with Gasteiger partial charge in [0.15, 0.2) is 11.5 Å². The van der Waals surface area contributed by atoms with Crippen molar-refractivity contribution < 1.29 is 37.0 Å². The van der Waals surface area contributed by atoms with Gasteiger partial charge in [-0.2, -0.15) is 0 Å². The first kappa shape index (κ1) is 36.0. The van der Waals surface area contributed by atoms with Crippen LogP contribution in [0, 0.1) is 5.92 Å². The lowest BCUT2D eigenvalue weighted by Gasteiger charge is -2.33. The maximum absolute atomic E-state index is 14.3. The van der Waals surface area contributed by atoms with Crippen LogP contribution in [0.25, 0.3) is 0 Å². The average Bonchev–Trinajstić information content (AvgIpc) is 3.06. The van der Waals surface area contributed by atoms with E-state index in [1.54, 1.807) is 49.6 Å². The molecule has 0 heterocycles. The van der Waals surface area contributed by atoms with Crippen LogP contribution in [0.4, 0.5) is 5.69 Å². The third kappa shape index (κ3) is 9.06. The summed E-state index contributed by atoms with van der Waals surface area (Å²) in [6.45, 7) is 7.96. The second-order valence-electron chi connectivity index (χ2n) is 10.9. The summed E-state index contributed by atoms with van der Waals surface area (Å²) < 4.78 is 51.2. The highest BCUT2D eigenvalue weighted by Crippen LogP contribution is 2.33. The Morgan fingerprint density at radius 3 is 2.13 bits per heavy atom. The van der Waals surface area contributed by atoms with Crippen molar-refractivity contribution >= 4 is 27.5 Å². The van der Waals surface area contributed by atoms with Crippen LogP contribution in [-0.2, 0) is 26.2 Å². The fourth-order valence-electron chi connectivity index (χ4n) is 4.82. The molecule has 3 rings (SSSR count). The van der Waals surface area contributed by atoms with E-state index in [0.29, 0.717) is 36.8 Å². The molecule has 0 aromatic heterocycles. The summed E-state index contributed by atoms with van der Waals surface area (Å²) in [6, 6.07) is 17.0. The predicted octanol–water partition coefficient (Wildman–Crippen LogP) is 4.89. The van der Waals surface area contributed by atoms with Crippen LogP contribution in [0.5, 0.6) is 23.0 Å². The number of sulfonamides is 1. The normalized spacial score (nSPS) is 11.8. The van der Waals surface area contributed by atoms with Gasteiger partial charge in [0.1, 0.15) is 24.1 Å². The second kappa shape index (κ2) is 16.7. The standard InChI is InChI=1S/C34H45N3O8S/c1-8-30(34(39)35-21-24(3)4)36(22-25-11-10-12-28(19-25)42-5)33(38)23-37(26-13-15-27(16-14-26)45-9-2)46(40,41)29-17-18-31(43-6)32(20-29)44-7/h10-20,24,30H,8-9,21-23H2,1-7H3,(H,35,39)/t30-/m0/s1. The van der Waals surface area contributed by atoms with Gasteiger partial charge in [-0.05, 0) is 73.4 Å². The maximum atomic E-state index is 14.3. The van der Waals surface area contributed by atoms with Crippen molar-refractivity contribution in [1.82, 2.24) is 10.2 Å². The molecular formula is C34H45N3O8S. The first-order valence-electron chi connectivity index (χ1n) is 15.2. The third-order valence-corrected chi connectivity index (χ3v) is 8.98. The summed E-state index contributed by atoms with van der Waals surface area (Å²) >= 11 is 0. The van der Waals surface area contributed by atoms with Gasteiger partial charge < -0.3 is 29.2 Å². The molecule has 3 aromatic rings. The smallest absolute Gasteiger partial charge is 0.264 e. The zero-order chi connectivity index (χ0) is 33.9. The van der Waals surface area contributed by atoms with Crippen molar-refractivity contribution in [1.29, 1.82) is 0 Å². The minimum atomic E-state index is -4.33. The van der Waals surface area contributed by atoms with E-state index in [4.69, 9.17) is 18.9 Å². The summed E-state index contributed by atoms with van der Waals surface area (Å²) in [4.78, 5) is 29.1. The molecule has 1 N–H and O–H groups in total. The SMILES string of the molecule is CCOc1ccc(N(CC(=O)N(Cc2cccc(OC)c2)[C@@H](CC)C(=O)NCC(C)C)S(=O)(=O)c2ccc(OC)c(OC)c2)cc1. The van der Waals surface area contributed by atoms with E-state index >= 15 is 0 Å². The van der Waals surface area contributed by atoms with Gasteiger partial charge in [0, 0.05) is 19.2 Å². The number of nitrogens with one attached hydrogen (secondary N) is 1. The first-order chi connectivity index (χ1) is 22.0. The highest BCUT2D eigenvalue weighted by molar-refractivity contribution is 7.92. The number of carbonyl (C=O) groups is 2. The van der Waals surface area contributed by atoms with E-state index in [2.05, 4.69) is 5.32 Å². The molecule has 0 fully saturated rings. The highest BCUT2D eigenvalue weighted by Gasteiger charge is 2.34. The van der Waals surface area contributed by atoms with E-state index in [9.17, 15) is 18.0 Å². The topological polar surface area (TPSA) is 124 Å². The van der Waals surface area contributed by atoms with Crippen LogP contribution >= 0.6 is 0 Å². The van der Waals surface area contributed by atoms with Crippen molar-refractivity contribution in [2.75, 3.05) is 45.3 Å². The van der Waals surface area contributed by atoms with Crippen LogP contribution in [-0.4, -0.2) is 72.2 Å². The van der Waals surface area contributed by atoms with Gasteiger partial charge >= 0.3 is 0 Å². The summed E-state index contributed by atoms with van der Waals surface area (Å²) in [6.07, 6.45) is 0.311. The van der Waals surface area contributed by atoms with Crippen molar-refractivity contribution in [2.24, 2.45) is 5.92 Å². The predicted molar refractivity (Wildman–Crippen MR) is 177 cm³/mol. The number of hydrogen-bond donors (Lipinski definition) is 1. The Hall–Kier alpha value is -4.45. The molecule has 2 amide bonds. The molecule has 12 heteroatoms. The molecule has 0 aliphatic carbocycles. The number of anilines is 1. The Bertz CT molecular complexity index is 1560. The molecule has 11 nitrogen and oxygen atoms in total. The number of nitrogens with zero attached hydrogens (tertiary/aromatic N) is 2. The quantitative estimate of drug-likeness (QED) is 0.218. The minimum Gasteiger partial charge on any atom is -0.497 e. The fraction of sp³-hybridized carbons (Fsp3) is 0.412. The molecule has 46 heavy (non-hydrogen) atoms. The van der Waals surface area contributed by atoms with E-state index < -0.39 is 28.5 Å². The van der Waals surface area contributed by atoms with Gasteiger partial charge in [0.05, 0.1) is 38.5 Å². The number of amides is 2. The molecule has 0 bridgehead atoms. The zero-order valence-corrected chi connectivity index (χ0v) is 28.4. The van der Waals surface area contributed by atoms with Gasteiger partial charge in [-0.25, -0.2) is 8.42 Å². The number of ether oxygens (including phenoxy) is 4. The molecule has 250 valence electrons. The molecular weight excluding hydrogens is 610 g/mol. The summed E-state index contributed by atoms with van der Waals surface area (Å²) in [5.41, 5.74) is 0.961. The third-order valence-electron chi connectivity index (χ3n) is 7.22. The van der Waals surface area contributed by atoms with E-state index in [0.717, 1.165) is 9.87 Å². The number of benzene rings is 3. The van der Waals surface area contributed by atoms with E-state index in [1.165, 1.54) is 37.3 Å². The van der Waals surface area contributed by atoms with Crippen LogP contribution in [0.1, 0.15) is 39.7 Å². The first-order valence-corrected chi connectivity index (χ1v) is 16.6. The Kier molecular flexibility index (Phi) is 13.1. The van der Waals surface area contributed by atoms with Crippen molar-refractivity contribution in [3.05, 3.63) is 72.3 Å². The fourth-order valence-corrected chi connectivity index (χ4v) is 6.25. The number of carbonyl (C=O) groups excluding carboxylic acids is 2.